The minimum absolute atomic E-state index is 0.463. The van der Waals surface area contributed by atoms with Crippen molar-refractivity contribution in [3.05, 3.63) is 63.6 Å². The van der Waals surface area contributed by atoms with Gasteiger partial charge in [-0.2, -0.15) is 0 Å². The molecule has 0 bridgehead atoms. The van der Waals surface area contributed by atoms with Crippen LogP contribution in [-0.4, -0.2) is 5.11 Å². The lowest BCUT2D eigenvalue weighted by Gasteiger charge is -2.14. The lowest BCUT2D eigenvalue weighted by molar-refractivity contribution is 0.221. The molecule has 17 heavy (non-hydrogen) atoms. The summed E-state index contributed by atoms with van der Waals surface area (Å²) in [6.45, 7) is 0. The Labute approximate surface area is 110 Å². The maximum Gasteiger partial charge on any atom is 0.106 e. The molecule has 1 unspecified atom stereocenters. The lowest BCUT2D eigenvalue weighted by Crippen LogP contribution is -2.03. The Hall–Kier alpha value is -1.22. The molecule has 4 heteroatoms. The number of anilines is 1. The molecule has 0 amide bonds. The van der Waals surface area contributed by atoms with Crippen LogP contribution < -0.4 is 5.73 Å². The maximum atomic E-state index is 10.2. The molecule has 0 aliphatic carbocycles. The zero-order valence-electron chi connectivity index (χ0n) is 8.90. The summed E-state index contributed by atoms with van der Waals surface area (Å²) in [5, 5.41) is 11.3. The highest BCUT2D eigenvalue weighted by Gasteiger charge is 2.13. The van der Waals surface area contributed by atoms with Crippen LogP contribution in [0.3, 0.4) is 0 Å². The number of aliphatic hydroxyl groups excluding tert-OH is 1. The van der Waals surface area contributed by atoms with E-state index in [2.05, 4.69) is 0 Å². The standard InChI is InChI=1S/C13H11Cl2NO/c14-9-3-1-2-8(6-9)13(17)11-5-4-10(15)7-12(11)16/h1-7,13,17H,16H2. The first-order valence-electron chi connectivity index (χ1n) is 5.06. The fourth-order valence-electron chi connectivity index (χ4n) is 1.65. The Kier molecular flexibility index (Phi) is 3.57. The third-order valence-corrected chi connectivity index (χ3v) is 2.98. The molecule has 0 spiro atoms. The average molecular weight is 268 g/mol. The average Bonchev–Trinajstić information content (AvgIpc) is 2.28. The second-order valence-electron chi connectivity index (χ2n) is 3.73. The van der Waals surface area contributed by atoms with E-state index in [1.54, 1.807) is 42.5 Å². The Morgan fingerprint density at radius 3 is 2.35 bits per heavy atom. The summed E-state index contributed by atoms with van der Waals surface area (Å²) < 4.78 is 0. The molecule has 0 saturated carbocycles. The van der Waals surface area contributed by atoms with Crippen molar-refractivity contribution in [3.8, 4) is 0 Å². The fourth-order valence-corrected chi connectivity index (χ4v) is 2.03. The highest BCUT2D eigenvalue weighted by Crippen LogP contribution is 2.29. The van der Waals surface area contributed by atoms with Gasteiger partial charge in [0.25, 0.3) is 0 Å². The van der Waals surface area contributed by atoms with Crippen LogP contribution in [0.4, 0.5) is 5.69 Å². The molecular weight excluding hydrogens is 257 g/mol. The molecule has 1 atom stereocenters. The molecule has 2 aromatic carbocycles. The van der Waals surface area contributed by atoms with Crippen molar-refractivity contribution in [2.45, 2.75) is 6.10 Å². The van der Waals surface area contributed by atoms with E-state index in [0.29, 0.717) is 26.9 Å². The fraction of sp³-hybridized carbons (Fsp3) is 0.0769. The maximum absolute atomic E-state index is 10.2. The van der Waals surface area contributed by atoms with Crippen molar-refractivity contribution >= 4 is 28.9 Å². The van der Waals surface area contributed by atoms with Crippen molar-refractivity contribution < 1.29 is 5.11 Å². The first-order valence-corrected chi connectivity index (χ1v) is 5.82. The third kappa shape index (κ3) is 2.72. The van der Waals surface area contributed by atoms with Gasteiger partial charge in [-0.3, -0.25) is 0 Å². The van der Waals surface area contributed by atoms with Crippen LogP contribution in [0.5, 0.6) is 0 Å². The van der Waals surface area contributed by atoms with E-state index in [9.17, 15) is 5.11 Å². The van der Waals surface area contributed by atoms with Crippen LogP contribution in [0.15, 0.2) is 42.5 Å². The highest BCUT2D eigenvalue weighted by molar-refractivity contribution is 6.31. The Balaban J connectivity index is 2.40. The predicted molar refractivity (Wildman–Crippen MR) is 71.4 cm³/mol. The van der Waals surface area contributed by atoms with Gasteiger partial charge in [-0.15, -0.1) is 0 Å². The second kappa shape index (κ2) is 4.96. The van der Waals surface area contributed by atoms with Crippen LogP contribution in [0.25, 0.3) is 0 Å². The van der Waals surface area contributed by atoms with Gasteiger partial charge in [-0.1, -0.05) is 41.4 Å². The zero-order valence-corrected chi connectivity index (χ0v) is 10.4. The van der Waals surface area contributed by atoms with Crippen LogP contribution in [0.1, 0.15) is 17.2 Å². The smallest absolute Gasteiger partial charge is 0.106 e. The van der Waals surface area contributed by atoms with Crippen LogP contribution >= 0.6 is 23.2 Å². The van der Waals surface area contributed by atoms with Gasteiger partial charge in [-0.05, 0) is 29.8 Å². The minimum Gasteiger partial charge on any atom is -0.398 e. The summed E-state index contributed by atoms with van der Waals surface area (Å²) in [5.74, 6) is 0. The molecule has 0 saturated heterocycles. The van der Waals surface area contributed by atoms with Crippen molar-refractivity contribution in [2.24, 2.45) is 0 Å². The zero-order chi connectivity index (χ0) is 12.4. The molecule has 0 aliphatic heterocycles. The van der Waals surface area contributed by atoms with Gasteiger partial charge in [0.05, 0.1) is 0 Å². The number of benzene rings is 2. The molecule has 2 rings (SSSR count). The van der Waals surface area contributed by atoms with Crippen LogP contribution in [0.2, 0.25) is 10.0 Å². The number of aliphatic hydroxyl groups is 1. The van der Waals surface area contributed by atoms with Gasteiger partial charge >= 0.3 is 0 Å². The lowest BCUT2D eigenvalue weighted by atomic mass is 10.0. The minimum atomic E-state index is -0.800. The molecule has 88 valence electrons. The Morgan fingerprint density at radius 2 is 1.71 bits per heavy atom. The number of rotatable bonds is 2. The summed E-state index contributed by atoms with van der Waals surface area (Å²) >= 11 is 11.7. The monoisotopic (exact) mass is 267 g/mol. The molecular formula is C13H11Cl2NO. The molecule has 2 nitrogen and oxygen atoms in total. The number of nitrogens with two attached hydrogens (primary N) is 1. The molecule has 3 N–H and O–H groups in total. The topological polar surface area (TPSA) is 46.2 Å². The molecule has 0 aromatic heterocycles. The third-order valence-electron chi connectivity index (χ3n) is 2.51. The van der Waals surface area contributed by atoms with E-state index in [-0.39, 0.29) is 0 Å². The number of nitrogen functional groups attached to an aromatic ring is 1. The number of hydrogen-bond acceptors (Lipinski definition) is 2. The number of halogens is 2. The molecule has 0 radical (unpaired) electrons. The first-order chi connectivity index (χ1) is 8.08. The normalized spacial score (nSPS) is 12.4. The number of hydrogen-bond donors (Lipinski definition) is 2. The Morgan fingerprint density at radius 1 is 1.00 bits per heavy atom. The van der Waals surface area contributed by atoms with E-state index in [1.807, 2.05) is 0 Å². The van der Waals surface area contributed by atoms with Crippen molar-refractivity contribution in [1.82, 2.24) is 0 Å². The summed E-state index contributed by atoms with van der Waals surface area (Å²) in [7, 11) is 0. The van der Waals surface area contributed by atoms with E-state index < -0.39 is 6.10 Å². The van der Waals surface area contributed by atoms with Crippen LogP contribution in [-0.2, 0) is 0 Å². The highest BCUT2D eigenvalue weighted by atomic mass is 35.5. The Bertz CT molecular complexity index is 543. The van der Waals surface area contributed by atoms with E-state index in [1.165, 1.54) is 0 Å². The summed E-state index contributed by atoms with van der Waals surface area (Å²) in [5.41, 5.74) is 7.61. The molecule has 2 aromatic rings. The largest absolute Gasteiger partial charge is 0.398 e. The molecule has 0 fully saturated rings. The van der Waals surface area contributed by atoms with Crippen molar-refractivity contribution in [1.29, 1.82) is 0 Å². The molecule has 0 aliphatic rings. The van der Waals surface area contributed by atoms with Crippen molar-refractivity contribution in [2.75, 3.05) is 5.73 Å². The van der Waals surface area contributed by atoms with E-state index >= 15 is 0 Å². The predicted octanol–water partition coefficient (Wildman–Crippen LogP) is 3.66. The van der Waals surface area contributed by atoms with Gasteiger partial charge in [0, 0.05) is 21.3 Å². The second-order valence-corrected chi connectivity index (χ2v) is 4.60. The van der Waals surface area contributed by atoms with Gasteiger partial charge < -0.3 is 10.8 Å². The van der Waals surface area contributed by atoms with Gasteiger partial charge in [0.1, 0.15) is 6.10 Å². The summed E-state index contributed by atoms with van der Waals surface area (Å²) in [6, 6.07) is 12.1. The summed E-state index contributed by atoms with van der Waals surface area (Å²) in [4.78, 5) is 0. The van der Waals surface area contributed by atoms with Gasteiger partial charge in [0.15, 0.2) is 0 Å². The van der Waals surface area contributed by atoms with Crippen LogP contribution in [0, 0.1) is 0 Å². The van der Waals surface area contributed by atoms with Gasteiger partial charge in [-0.25, -0.2) is 0 Å². The van der Waals surface area contributed by atoms with Crippen molar-refractivity contribution in [3.63, 3.8) is 0 Å². The van der Waals surface area contributed by atoms with Gasteiger partial charge in [0.2, 0.25) is 0 Å². The SMILES string of the molecule is Nc1cc(Cl)ccc1C(O)c1cccc(Cl)c1. The van der Waals surface area contributed by atoms with E-state index in [0.717, 1.165) is 0 Å². The quantitative estimate of drug-likeness (QED) is 0.816. The van der Waals surface area contributed by atoms with E-state index in [4.69, 9.17) is 28.9 Å². The summed E-state index contributed by atoms with van der Waals surface area (Å²) in [6.07, 6.45) is -0.800. The first kappa shape index (κ1) is 12.2. The molecule has 0 heterocycles.